The number of fused-ring (bicyclic) bond motifs is 2. The van der Waals surface area contributed by atoms with Crippen molar-refractivity contribution in [3.05, 3.63) is 72.8 Å². The van der Waals surface area contributed by atoms with E-state index in [1.54, 1.807) is 26.0 Å². The van der Waals surface area contributed by atoms with Crippen molar-refractivity contribution in [1.82, 2.24) is 0 Å². The predicted octanol–water partition coefficient (Wildman–Crippen LogP) is 4.54. The molecule has 0 fully saturated rings. The summed E-state index contributed by atoms with van der Waals surface area (Å²) < 4.78 is 9.75. The maximum atomic E-state index is 10.5. The molecule has 0 aliphatic rings. The fourth-order valence-corrected chi connectivity index (χ4v) is 3.20. The summed E-state index contributed by atoms with van der Waals surface area (Å²) >= 11 is 0. The Balaban J connectivity index is 0.00000124. The molecule has 0 aliphatic carbocycles. The van der Waals surface area contributed by atoms with Crippen LogP contribution in [0.15, 0.2) is 72.8 Å². The van der Waals surface area contributed by atoms with Crippen LogP contribution in [-0.4, -0.2) is 36.4 Å². The topological polar surface area (TPSA) is 93.1 Å². The van der Waals surface area contributed by atoms with Crippen LogP contribution in [-0.2, 0) is 75.0 Å². The first-order chi connectivity index (χ1) is 15.6. The predicted molar refractivity (Wildman–Crippen MR) is 125 cm³/mol. The third-order valence-corrected chi connectivity index (χ3v) is 4.32. The minimum atomic E-state index is 0. The average Bonchev–Trinajstić information content (AvgIpc) is 2.80. The summed E-state index contributed by atoms with van der Waals surface area (Å²) in [5.74, 6) is 0.861. The minimum Gasteiger partial charge on any atom is -0.610 e. The van der Waals surface area contributed by atoms with Gasteiger partial charge in [-0.3, -0.25) is 0 Å². The van der Waals surface area contributed by atoms with E-state index in [1.165, 1.54) is 12.9 Å². The molecule has 34 heavy (non-hydrogen) atoms. The van der Waals surface area contributed by atoms with Crippen LogP contribution in [0.25, 0.3) is 32.7 Å². The van der Waals surface area contributed by atoms with Gasteiger partial charge in [0.2, 0.25) is 0 Å². The van der Waals surface area contributed by atoms with Gasteiger partial charge in [-0.2, -0.15) is 0 Å². The maximum absolute atomic E-state index is 10.5. The van der Waals surface area contributed by atoms with E-state index >= 15 is 0 Å². The van der Waals surface area contributed by atoms with Crippen molar-refractivity contribution in [3.63, 3.8) is 0 Å². The number of hydrogen-bond donors (Lipinski definition) is 2. The molecule has 2 radical (unpaired) electrons. The normalized spacial score (nSPS) is 9.18. The Labute approximate surface area is 249 Å². The zero-order chi connectivity index (χ0) is 23.3. The molecule has 2 N–H and O–H groups in total. The van der Waals surface area contributed by atoms with Gasteiger partial charge in [0.05, 0.1) is 0 Å². The quantitative estimate of drug-likeness (QED) is 0.323. The van der Waals surface area contributed by atoms with Crippen LogP contribution in [0, 0.1) is 0 Å². The number of benzene rings is 4. The summed E-state index contributed by atoms with van der Waals surface area (Å²) in [5, 5.41) is 19.1. The molecule has 4 aromatic rings. The third kappa shape index (κ3) is 8.92. The molecule has 0 amide bonds. The monoisotopic (exact) mass is 610 g/mol. The molecular weight excluding hydrogens is 586 g/mol. The van der Waals surface area contributed by atoms with Crippen molar-refractivity contribution in [2.45, 2.75) is 13.8 Å². The van der Waals surface area contributed by atoms with Gasteiger partial charge in [-0.25, -0.2) is 0 Å². The van der Waals surface area contributed by atoms with E-state index in [9.17, 15) is 9.59 Å². The Morgan fingerprint density at radius 2 is 1.00 bits per heavy atom. The van der Waals surface area contributed by atoms with Gasteiger partial charge in [-0.1, -0.05) is 60.7 Å². The van der Waals surface area contributed by atoms with Crippen molar-refractivity contribution >= 4 is 34.5 Å². The van der Waals surface area contributed by atoms with E-state index in [4.69, 9.17) is 19.7 Å². The summed E-state index contributed by atoms with van der Waals surface area (Å²) in [4.78, 5) is 21.1. The average molecular weight is 610 g/mol. The van der Waals surface area contributed by atoms with E-state index < -0.39 is 0 Å². The van der Waals surface area contributed by atoms with E-state index in [-0.39, 0.29) is 78.6 Å². The standard InChI is InChI=1S/C22H12O4.2C2H6O.2Y/c23-13-25-17-9-7-15-3-1-5-19(21(15)11-17)20-6-2-4-16-8-10-18(26-14-24)12-22(16)20;2*1-2-3;;/h1-12H;2*3H,2H2,1H3;;/q-2;;;;. The number of hydrogen-bond acceptors (Lipinski definition) is 6. The van der Waals surface area contributed by atoms with Gasteiger partial charge in [0.1, 0.15) is 0 Å². The second-order valence-electron chi connectivity index (χ2n) is 6.38. The summed E-state index contributed by atoms with van der Waals surface area (Å²) in [6.07, 6.45) is 0. The number of aliphatic hydroxyl groups is 2. The molecule has 4 aromatic carbocycles. The maximum Gasteiger partial charge on any atom is 0.170 e. The fourth-order valence-electron chi connectivity index (χ4n) is 3.20. The minimum absolute atomic E-state index is 0. The second-order valence-corrected chi connectivity index (χ2v) is 6.38. The number of rotatable bonds is 5. The van der Waals surface area contributed by atoms with Crippen molar-refractivity contribution in [2.75, 3.05) is 13.2 Å². The van der Waals surface area contributed by atoms with Crippen molar-refractivity contribution in [1.29, 1.82) is 0 Å². The molecule has 0 atom stereocenters. The van der Waals surface area contributed by atoms with Crippen LogP contribution >= 0.6 is 0 Å². The summed E-state index contributed by atoms with van der Waals surface area (Å²) in [5.41, 5.74) is 1.97. The second kappa shape index (κ2) is 17.8. The zero-order valence-electron chi connectivity index (χ0n) is 19.0. The first kappa shape index (κ1) is 32.5. The van der Waals surface area contributed by atoms with E-state index in [1.807, 2.05) is 60.7 Å². The first-order valence-corrected chi connectivity index (χ1v) is 9.99. The zero-order valence-corrected chi connectivity index (χ0v) is 24.7. The fraction of sp³-hybridized carbons (Fsp3) is 0.154. The summed E-state index contributed by atoms with van der Waals surface area (Å²) in [6, 6.07) is 22.8. The van der Waals surface area contributed by atoms with Crippen LogP contribution in [0.3, 0.4) is 0 Å². The molecule has 8 heteroatoms. The van der Waals surface area contributed by atoms with Crippen LogP contribution in [0.2, 0.25) is 0 Å². The van der Waals surface area contributed by atoms with E-state index in [2.05, 4.69) is 0 Å². The first-order valence-electron chi connectivity index (χ1n) is 9.99. The largest absolute Gasteiger partial charge is 0.610 e. The van der Waals surface area contributed by atoms with Crippen molar-refractivity contribution < 1.29 is 94.7 Å². The Morgan fingerprint density at radius 3 is 1.32 bits per heavy atom. The molecule has 0 spiro atoms. The van der Waals surface area contributed by atoms with Gasteiger partial charge in [0.25, 0.3) is 0 Å². The van der Waals surface area contributed by atoms with Gasteiger partial charge < -0.3 is 29.3 Å². The summed E-state index contributed by atoms with van der Waals surface area (Å²) in [6.45, 7) is 6.77. The number of carbonyl (C=O) groups excluding carboxylic acids is 2. The van der Waals surface area contributed by atoms with Gasteiger partial charge in [-0.15, -0.1) is 12.1 Å². The SMILES string of the molecule is CCO.CCO.O=[C-]Oc1ccc2cccc(-c3cccc4ccc(O[C-]=O)cc34)c2c1.[Y].[Y]. The molecule has 6 nitrogen and oxygen atoms in total. The molecular formula is C26H24O6Y2-2. The third-order valence-electron chi connectivity index (χ3n) is 4.32. The molecule has 0 aromatic heterocycles. The molecule has 0 saturated carbocycles. The Bertz CT molecular complexity index is 1090. The van der Waals surface area contributed by atoms with Crippen LogP contribution in [0.1, 0.15) is 13.8 Å². The number of aliphatic hydroxyl groups excluding tert-OH is 2. The molecule has 4 rings (SSSR count). The Morgan fingerprint density at radius 1 is 0.647 bits per heavy atom. The van der Waals surface area contributed by atoms with Gasteiger partial charge in [0, 0.05) is 78.6 Å². The van der Waals surface area contributed by atoms with Gasteiger partial charge in [0.15, 0.2) is 12.9 Å². The van der Waals surface area contributed by atoms with E-state index in [0.29, 0.717) is 11.5 Å². The van der Waals surface area contributed by atoms with Gasteiger partial charge >= 0.3 is 0 Å². The Hall–Kier alpha value is -1.53. The molecule has 172 valence electrons. The Kier molecular flexibility index (Phi) is 17.0. The van der Waals surface area contributed by atoms with Crippen LogP contribution in [0.5, 0.6) is 11.5 Å². The van der Waals surface area contributed by atoms with Crippen molar-refractivity contribution in [2.24, 2.45) is 0 Å². The van der Waals surface area contributed by atoms with Crippen LogP contribution < -0.4 is 9.47 Å². The molecule has 0 aliphatic heterocycles. The molecule has 0 unspecified atom stereocenters. The van der Waals surface area contributed by atoms with Crippen LogP contribution in [0.4, 0.5) is 0 Å². The molecule has 0 bridgehead atoms. The molecule has 0 heterocycles. The molecule has 0 saturated heterocycles. The summed E-state index contributed by atoms with van der Waals surface area (Å²) in [7, 11) is 0. The van der Waals surface area contributed by atoms with Gasteiger partial charge in [-0.05, 0) is 58.0 Å². The van der Waals surface area contributed by atoms with Crippen molar-refractivity contribution in [3.8, 4) is 22.6 Å². The number of ether oxygens (including phenoxy) is 2. The van der Waals surface area contributed by atoms with E-state index in [0.717, 1.165) is 32.7 Å². The smallest absolute Gasteiger partial charge is 0.170 e.